The zero-order chi connectivity index (χ0) is 19.7. The molecule has 2 aromatic heterocycles. The van der Waals surface area contributed by atoms with Crippen LogP contribution in [0.15, 0.2) is 36.4 Å². The molecule has 0 saturated carbocycles. The third kappa shape index (κ3) is 3.54. The van der Waals surface area contributed by atoms with Crippen molar-refractivity contribution < 1.29 is 9.18 Å². The standard InChI is InChI=1S/C21H21FN4OS/c1-3-17-20(28-25-24-17)21(27)26-10-4-5-19(26)18-12-15(11-13(2)23-18)14-6-8-16(22)9-7-14/h6-9,11-12,19H,3-5,10H2,1-2H3/t19-/m0/s1. The van der Waals surface area contributed by atoms with Crippen molar-refractivity contribution >= 4 is 17.4 Å². The van der Waals surface area contributed by atoms with E-state index in [-0.39, 0.29) is 17.8 Å². The summed E-state index contributed by atoms with van der Waals surface area (Å²) in [5.74, 6) is -0.270. The highest BCUT2D eigenvalue weighted by atomic mass is 32.1. The molecule has 0 unspecified atom stereocenters. The second kappa shape index (κ2) is 7.75. The molecule has 3 aromatic rings. The van der Waals surface area contributed by atoms with Crippen LogP contribution in [-0.4, -0.2) is 31.9 Å². The minimum atomic E-state index is -0.257. The van der Waals surface area contributed by atoms with E-state index in [2.05, 4.69) is 9.59 Å². The van der Waals surface area contributed by atoms with Crippen LogP contribution in [-0.2, 0) is 6.42 Å². The molecular formula is C21H21FN4OS. The molecule has 1 fully saturated rings. The largest absolute Gasteiger partial charge is 0.329 e. The van der Waals surface area contributed by atoms with E-state index in [0.29, 0.717) is 17.8 Å². The minimum Gasteiger partial charge on any atom is -0.329 e. The fourth-order valence-corrected chi connectivity index (χ4v) is 4.43. The third-order valence-electron chi connectivity index (χ3n) is 5.09. The van der Waals surface area contributed by atoms with Crippen LogP contribution in [0.3, 0.4) is 0 Å². The summed E-state index contributed by atoms with van der Waals surface area (Å²) in [6.07, 6.45) is 2.50. The summed E-state index contributed by atoms with van der Waals surface area (Å²) in [6.45, 7) is 4.62. The number of aromatic nitrogens is 3. The van der Waals surface area contributed by atoms with Crippen LogP contribution in [0.1, 0.15) is 52.6 Å². The van der Waals surface area contributed by atoms with Crippen LogP contribution < -0.4 is 0 Å². The Morgan fingerprint density at radius 3 is 2.79 bits per heavy atom. The molecule has 1 saturated heterocycles. The van der Waals surface area contributed by atoms with E-state index in [9.17, 15) is 9.18 Å². The van der Waals surface area contributed by atoms with Gasteiger partial charge in [0.25, 0.3) is 5.91 Å². The van der Waals surface area contributed by atoms with E-state index in [0.717, 1.165) is 52.6 Å². The lowest BCUT2D eigenvalue weighted by molar-refractivity contribution is 0.0736. The van der Waals surface area contributed by atoms with Gasteiger partial charge in [-0.3, -0.25) is 9.78 Å². The van der Waals surface area contributed by atoms with Crippen LogP contribution in [0.5, 0.6) is 0 Å². The lowest BCUT2D eigenvalue weighted by atomic mass is 10.0. The van der Waals surface area contributed by atoms with Crippen molar-refractivity contribution in [3.05, 3.63) is 64.2 Å². The summed E-state index contributed by atoms with van der Waals surface area (Å²) < 4.78 is 17.2. The van der Waals surface area contributed by atoms with Gasteiger partial charge in [-0.05, 0) is 73.1 Å². The zero-order valence-electron chi connectivity index (χ0n) is 15.9. The molecule has 3 heterocycles. The molecule has 5 nitrogen and oxygen atoms in total. The lowest BCUT2D eigenvalue weighted by Gasteiger charge is -2.24. The Balaban J connectivity index is 1.68. The third-order valence-corrected chi connectivity index (χ3v) is 5.85. The van der Waals surface area contributed by atoms with Crippen molar-refractivity contribution in [2.24, 2.45) is 0 Å². The monoisotopic (exact) mass is 396 g/mol. The number of benzene rings is 1. The Bertz CT molecular complexity index is 1000. The normalized spacial score (nSPS) is 16.5. The average molecular weight is 396 g/mol. The fourth-order valence-electron chi connectivity index (χ4n) is 3.72. The molecule has 1 atom stereocenters. The summed E-state index contributed by atoms with van der Waals surface area (Å²) in [7, 11) is 0. The fraction of sp³-hybridized carbons (Fsp3) is 0.333. The molecule has 7 heteroatoms. The molecule has 1 aromatic carbocycles. The molecule has 0 radical (unpaired) electrons. The van der Waals surface area contributed by atoms with Gasteiger partial charge in [0.15, 0.2) is 0 Å². The molecule has 144 valence electrons. The molecule has 1 aliphatic rings. The molecule has 0 spiro atoms. The predicted octanol–water partition coefficient (Wildman–Crippen LogP) is 4.59. The maximum Gasteiger partial charge on any atom is 0.268 e. The summed E-state index contributed by atoms with van der Waals surface area (Å²) in [5, 5.41) is 4.07. The van der Waals surface area contributed by atoms with Crippen molar-refractivity contribution in [1.82, 2.24) is 19.5 Å². The number of aryl methyl sites for hydroxylation is 2. The van der Waals surface area contributed by atoms with Gasteiger partial charge in [0.05, 0.1) is 17.4 Å². The predicted molar refractivity (Wildman–Crippen MR) is 107 cm³/mol. The summed E-state index contributed by atoms with van der Waals surface area (Å²) in [6, 6.07) is 10.4. The van der Waals surface area contributed by atoms with E-state index in [1.54, 1.807) is 12.1 Å². The van der Waals surface area contributed by atoms with Gasteiger partial charge in [0.2, 0.25) is 0 Å². The number of nitrogens with zero attached hydrogens (tertiary/aromatic N) is 4. The first-order valence-electron chi connectivity index (χ1n) is 9.43. The first-order chi connectivity index (χ1) is 13.6. The molecular weight excluding hydrogens is 375 g/mol. The molecule has 0 bridgehead atoms. The van der Waals surface area contributed by atoms with E-state index in [1.807, 2.05) is 30.9 Å². The average Bonchev–Trinajstić information content (AvgIpc) is 3.37. The molecule has 0 N–H and O–H groups in total. The van der Waals surface area contributed by atoms with E-state index < -0.39 is 0 Å². The van der Waals surface area contributed by atoms with Gasteiger partial charge in [-0.15, -0.1) is 5.10 Å². The Hall–Kier alpha value is -2.67. The van der Waals surface area contributed by atoms with Gasteiger partial charge >= 0.3 is 0 Å². The minimum absolute atomic E-state index is 0.0130. The van der Waals surface area contributed by atoms with Gasteiger partial charge in [0.1, 0.15) is 10.7 Å². The Labute approximate surface area is 167 Å². The van der Waals surface area contributed by atoms with E-state index >= 15 is 0 Å². The second-order valence-electron chi connectivity index (χ2n) is 6.99. The maximum absolute atomic E-state index is 13.3. The number of carbonyl (C=O) groups excluding carboxylic acids is 1. The van der Waals surface area contributed by atoms with Crippen LogP contribution in [0, 0.1) is 12.7 Å². The number of rotatable bonds is 4. The van der Waals surface area contributed by atoms with Gasteiger partial charge in [0, 0.05) is 12.2 Å². The SMILES string of the molecule is CCc1nnsc1C(=O)N1CCC[C@H]1c1cc(-c2ccc(F)cc2)cc(C)n1. The van der Waals surface area contributed by atoms with Gasteiger partial charge < -0.3 is 4.90 Å². The van der Waals surface area contributed by atoms with Crippen molar-refractivity contribution in [3.63, 3.8) is 0 Å². The number of hydrogen-bond acceptors (Lipinski definition) is 5. The number of carbonyl (C=O) groups is 1. The topological polar surface area (TPSA) is 59.0 Å². The lowest BCUT2D eigenvalue weighted by Crippen LogP contribution is -2.31. The second-order valence-corrected chi connectivity index (χ2v) is 7.74. The first-order valence-corrected chi connectivity index (χ1v) is 10.2. The molecule has 1 aliphatic heterocycles. The number of hydrogen-bond donors (Lipinski definition) is 0. The van der Waals surface area contributed by atoms with Crippen LogP contribution >= 0.6 is 11.5 Å². The van der Waals surface area contributed by atoms with Gasteiger partial charge in [-0.25, -0.2) is 4.39 Å². The quantitative estimate of drug-likeness (QED) is 0.647. The summed E-state index contributed by atoms with van der Waals surface area (Å²) in [4.78, 5) is 20.4. The van der Waals surface area contributed by atoms with E-state index in [4.69, 9.17) is 4.98 Å². The maximum atomic E-state index is 13.3. The van der Waals surface area contributed by atoms with Crippen molar-refractivity contribution in [2.45, 2.75) is 39.2 Å². The smallest absolute Gasteiger partial charge is 0.268 e. The molecule has 1 amide bonds. The Morgan fingerprint density at radius 1 is 1.25 bits per heavy atom. The highest BCUT2D eigenvalue weighted by molar-refractivity contribution is 7.08. The van der Waals surface area contributed by atoms with Crippen molar-refractivity contribution in [1.29, 1.82) is 0 Å². The van der Waals surface area contributed by atoms with E-state index in [1.165, 1.54) is 12.1 Å². The Kier molecular flexibility index (Phi) is 5.17. The number of pyridine rings is 1. The number of likely N-dealkylation sites (tertiary alicyclic amines) is 1. The van der Waals surface area contributed by atoms with Gasteiger partial charge in [-0.2, -0.15) is 0 Å². The summed E-state index contributed by atoms with van der Waals surface area (Å²) in [5.41, 5.74) is 4.43. The van der Waals surface area contributed by atoms with Crippen molar-refractivity contribution in [2.75, 3.05) is 6.54 Å². The molecule has 4 rings (SSSR count). The number of halogens is 1. The summed E-state index contributed by atoms with van der Waals surface area (Å²) >= 11 is 1.16. The molecule has 0 aliphatic carbocycles. The van der Waals surface area contributed by atoms with Gasteiger partial charge in [-0.1, -0.05) is 23.5 Å². The first kappa shape index (κ1) is 18.7. The Morgan fingerprint density at radius 2 is 2.04 bits per heavy atom. The molecule has 28 heavy (non-hydrogen) atoms. The van der Waals surface area contributed by atoms with Crippen molar-refractivity contribution in [3.8, 4) is 11.1 Å². The van der Waals surface area contributed by atoms with Crippen LogP contribution in [0.2, 0.25) is 0 Å². The van der Waals surface area contributed by atoms with Crippen LogP contribution in [0.4, 0.5) is 4.39 Å². The van der Waals surface area contributed by atoms with Crippen LogP contribution in [0.25, 0.3) is 11.1 Å². The zero-order valence-corrected chi connectivity index (χ0v) is 16.7. The highest BCUT2D eigenvalue weighted by Gasteiger charge is 2.33. The number of amides is 1. The highest BCUT2D eigenvalue weighted by Crippen LogP contribution is 2.35.